The summed E-state index contributed by atoms with van der Waals surface area (Å²) >= 11 is 3.35. The molecule has 0 unspecified atom stereocenters. The summed E-state index contributed by atoms with van der Waals surface area (Å²) < 4.78 is 25.9. The summed E-state index contributed by atoms with van der Waals surface area (Å²) in [5.74, 6) is -0.491. The van der Waals surface area contributed by atoms with Gasteiger partial charge >= 0.3 is 0 Å². The molecule has 6 nitrogen and oxygen atoms in total. The number of carbonyl (C=O) groups excluding carboxylic acids is 1. The van der Waals surface area contributed by atoms with Gasteiger partial charge in [0.15, 0.2) is 0 Å². The van der Waals surface area contributed by atoms with Gasteiger partial charge in [-0.05, 0) is 29.7 Å². The predicted molar refractivity (Wildman–Crippen MR) is 106 cm³/mol. The number of nitrogens with zero attached hydrogens (tertiary/aromatic N) is 2. The Labute approximate surface area is 162 Å². The van der Waals surface area contributed by atoms with E-state index in [1.807, 2.05) is 54.6 Å². The van der Waals surface area contributed by atoms with Gasteiger partial charge in [0, 0.05) is 11.0 Å². The molecule has 0 spiro atoms. The first-order chi connectivity index (χ1) is 12.3. The van der Waals surface area contributed by atoms with E-state index < -0.39 is 15.9 Å². The molecule has 0 atom stereocenters. The highest BCUT2D eigenvalue weighted by Crippen LogP contribution is 2.09. The molecular weight excluding hydrogens is 418 g/mol. The molecule has 0 saturated heterocycles. The van der Waals surface area contributed by atoms with Gasteiger partial charge in [-0.25, -0.2) is 13.8 Å². The van der Waals surface area contributed by atoms with Crippen molar-refractivity contribution in [3.8, 4) is 0 Å². The van der Waals surface area contributed by atoms with Crippen molar-refractivity contribution >= 4 is 38.1 Å². The van der Waals surface area contributed by atoms with Crippen molar-refractivity contribution < 1.29 is 13.2 Å². The maximum absolute atomic E-state index is 12.0. The fraction of sp³-hybridized carbons (Fsp3) is 0.222. The van der Waals surface area contributed by atoms with Gasteiger partial charge in [-0.2, -0.15) is 9.41 Å². The number of hydrazone groups is 1. The molecule has 2 aromatic rings. The molecule has 0 aliphatic heterocycles. The highest BCUT2D eigenvalue weighted by molar-refractivity contribution is 9.10. The lowest BCUT2D eigenvalue weighted by atomic mass is 10.1. The third kappa shape index (κ3) is 7.07. The second kappa shape index (κ2) is 9.61. The number of amides is 1. The topological polar surface area (TPSA) is 78.8 Å². The molecule has 138 valence electrons. The SMILES string of the molecule is CS(=O)(=O)N(CCc1ccccc1)CC(=O)N/N=C/c1cccc(Br)c1. The lowest BCUT2D eigenvalue weighted by Gasteiger charge is -2.18. The maximum atomic E-state index is 12.0. The third-order valence-corrected chi connectivity index (χ3v) is 5.28. The maximum Gasteiger partial charge on any atom is 0.255 e. The first-order valence-corrected chi connectivity index (χ1v) is 10.6. The normalized spacial score (nSPS) is 11.8. The van der Waals surface area contributed by atoms with Crippen molar-refractivity contribution in [2.75, 3.05) is 19.3 Å². The first-order valence-electron chi connectivity index (χ1n) is 7.91. The highest BCUT2D eigenvalue weighted by atomic mass is 79.9. The average Bonchev–Trinajstić information content (AvgIpc) is 2.58. The van der Waals surface area contributed by atoms with Crippen LogP contribution in [0.2, 0.25) is 0 Å². The molecule has 0 saturated carbocycles. The van der Waals surface area contributed by atoms with Crippen LogP contribution < -0.4 is 5.43 Å². The van der Waals surface area contributed by atoms with Crippen molar-refractivity contribution in [2.45, 2.75) is 6.42 Å². The van der Waals surface area contributed by atoms with E-state index in [2.05, 4.69) is 26.5 Å². The van der Waals surface area contributed by atoms with Crippen LogP contribution in [0.25, 0.3) is 0 Å². The number of nitrogens with one attached hydrogen (secondary N) is 1. The fourth-order valence-corrected chi connectivity index (χ4v) is 3.41. The Balaban J connectivity index is 1.91. The molecule has 0 radical (unpaired) electrons. The molecule has 0 fully saturated rings. The van der Waals surface area contributed by atoms with Crippen molar-refractivity contribution in [3.63, 3.8) is 0 Å². The Morgan fingerprint density at radius 1 is 1.19 bits per heavy atom. The number of carbonyl (C=O) groups is 1. The third-order valence-electron chi connectivity index (χ3n) is 3.53. The van der Waals surface area contributed by atoms with E-state index in [-0.39, 0.29) is 13.1 Å². The summed E-state index contributed by atoms with van der Waals surface area (Å²) in [6.07, 6.45) is 3.12. The lowest BCUT2D eigenvalue weighted by molar-refractivity contribution is -0.121. The van der Waals surface area contributed by atoms with E-state index in [9.17, 15) is 13.2 Å². The number of sulfonamides is 1. The van der Waals surface area contributed by atoms with Crippen LogP contribution in [-0.4, -0.2) is 44.2 Å². The van der Waals surface area contributed by atoms with E-state index >= 15 is 0 Å². The second-order valence-electron chi connectivity index (χ2n) is 5.68. The molecule has 0 heterocycles. The quantitative estimate of drug-likeness (QED) is 0.508. The van der Waals surface area contributed by atoms with Crippen molar-refractivity contribution in [1.29, 1.82) is 0 Å². The van der Waals surface area contributed by atoms with Crippen LogP contribution in [0.1, 0.15) is 11.1 Å². The van der Waals surface area contributed by atoms with Crippen LogP contribution in [0.4, 0.5) is 0 Å². The van der Waals surface area contributed by atoms with Crippen LogP contribution in [0.3, 0.4) is 0 Å². The molecule has 2 aromatic carbocycles. The molecule has 0 aliphatic rings. The number of benzene rings is 2. The minimum atomic E-state index is -3.50. The second-order valence-corrected chi connectivity index (χ2v) is 8.58. The molecule has 8 heteroatoms. The Morgan fingerprint density at radius 2 is 1.92 bits per heavy atom. The zero-order valence-electron chi connectivity index (χ0n) is 14.3. The van der Waals surface area contributed by atoms with E-state index in [0.717, 1.165) is 26.2 Å². The van der Waals surface area contributed by atoms with Crippen molar-refractivity contribution in [1.82, 2.24) is 9.73 Å². The summed E-state index contributed by atoms with van der Waals surface area (Å²) in [5, 5.41) is 3.87. The Hall–Kier alpha value is -2.03. The average molecular weight is 438 g/mol. The molecule has 2 rings (SSSR count). The lowest BCUT2D eigenvalue weighted by Crippen LogP contribution is -2.40. The summed E-state index contributed by atoms with van der Waals surface area (Å²) in [6, 6.07) is 16.9. The van der Waals surface area contributed by atoms with Gasteiger partial charge in [0.2, 0.25) is 10.0 Å². The standard InChI is InChI=1S/C18H20BrN3O3S/c1-26(24,25)22(11-10-15-6-3-2-4-7-15)14-18(23)21-20-13-16-8-5-9-17(19)12-16/h2-9,12-13H,10-11,14H2,1H3,(H,21,23)/b20-13+. The highest BCUT2D eigenvalue weighted by Gasteiger charge is 2.19. The molecule has 1 N–H and O–H groups in total. The molecular formula is C18H20BrN3O3S. The van der Waals surface area contributed by atoms with Crippen LogP contribution in [0, 0.1) is 0 Å². The molecule has 0 bridgehead atoms. The van der Waals surface area contributed by atoms with E-state index in [1.165, 1.54) is 6.21 Å². The summed E-state index contributed by atoms with van der Waals surface area (Å²) in [5.41, 5.74) is 4.18. The minimum Gasteiger partial charge on any atom is -0.272 e. The molecule has 1 amide bonds. The Bertz CT molecular complexity index is 870. The van der Waals surface area contributed by atoms with Crippen LogP contribution in [0.5, 0.6) is 0 Å². The van der Waals surface area contributed by atoms with Gasteiger partial charge in [0.25, 0.3) is 5.91 Å². The van der Waals surface area contributed by atoms with Gasteiger partial charge < -0.3 is 0 Å². The van der Waals surface area contributed by atoms with Gasteiger partial charge in [-0.15, -0.1) is 0 Å². The number of rotatable bonds is 8. The van der Waals surface area contributed by atoms with Crippen LogP contribution >= 0.6 is 15.9 Å². The largest absolute Gasteiger partial charge is 0.272 e. The Morgan fingerprint density at radius 3 is 2.58 bits per heavy atom. The molecule has 0 aliphatic carbocycles. The zero-order valence-corrected chi connectivity index (χ0v) is 16.7. The van der Waals surface area contributed by atoms with E-state index in [0.29, 0.717) is 6.42 Å². The Kier molecular flexibility index (Phi) is 7.50. The van der Waals surface area contributed by atoms with Crippen LogP contribution in [0.15, 0.2) is 64.2 Å². The van der Waals surface area contributed by atoms with Gasteiger partial charge in [-0.3, -0.25) is 4.79 Å². The predicted octanol–water partition coefficient (Wildman–Crippen LogP) is 2.40. The van der Waals surface area contributed by atoms with Gasteiger partial charge in [0.1, 0.15) is 0 Å². The fourth-order valence-electron chi connectivity index (χ4n) is 2.22. The van der Waals surface area contributed by atoms with Gasteiger partial charge in [0.05, 0.1) is 19.0 Å². The summed E-state index contributed by atoms with van der Waals surface area (Å²) in [4.78, 5) is 12.0. The number of hydrogen-bond donors (Lipinski definition) is 1. The minimum absolute atomic E-state index is 0.228. The van der Waals surface area contributed by atoms with E-state index in [1.54, 1.807) is 0 Å². The first kappa shape index (κ1) is 20.3. The number of hydrogen-bond acceptors (Lipinski definition) is 4. The monoisotopic (exact) mass is 437 g/mol. The van der Waals surface area contributed by atoms with E-state index in [4.69, 9.17) is 0 Å². The van der Waals surface area contributed by atoms with Crippen molar-refractivity contribution in [3.05, 3.63) is 70.2 Å². The van der Waals surface area contributed by atoms with Crippen molar-refractivity contribution in [2.24, 2.45) is 5.10 Å². The zero-order chi connectivity index (χ0) is 19.0. The van der Waals surface area contributed by atoms with Gasteiger partial charge in [-0.1, -0.05) is 58.4 Å². The smallest absolute Gasteiger partial charge is 0.255 e. The summed E-state index contributed by atoms with van der Waals surface area (Å²) in [7, 11) is -3.50. The summed E-state index contributed by atoms with van der Waals surface area (Å²) in [6.45, 7) is -0.0485. The molecule has 0 aromatic heterocycles. The molecule has 26 heavy (non-hydrogen) atoms. The van der Waals surface area contributed by atoms with Crippen LogP contribution in [-0.2, 0) is 21.2 Å². The number of halogens is 1.